The normalized spacial score (nSPS) is 16.7. The molecular weight excluding hydrogens is 402 g/mol. The Morgan fingerprint density at radius 2 is 2.00 bits per heavy atom. The number of carbonyl (C=O) groups is 2. The molecule has 3 aromatic rings. The number of rotatable bonds is 6. The summed E-state index contributed by atoms with van der Waals surface area (Å²) in [6.45, 7) is 4.43. The maximum absolute atomic E-state index is 13.4. The van der Waals surface area contributed by atoms with Crippen LogP contribution in [0.25, 0.3) is 11.0 Å². The van der Waals surface area contributed by atoms with E-state index in [0.29, 0.717) is 22.5 Å². The third-order valence-corrected chi connectivity index (χ3v) is 5.60. The molecule has 0 saturated heterocycles. The number of benzene rings is 2. The van der Waals surface area contributed by atoms with Crippen LogP contribution in [0.15, 0.2) is 64.3 Å². The van der Waals surface area contributed by atoms with E-state index in [1.54, 1.807) is 29.2 Å². The fourth-order valence-corrected chi connectivity index (χ4v) is 4.07. The summed E-state index contributed by atoms with van der Waals surface area (Å²) >= 11 is 6.04. The van der Waals surface area contributed by atoms with Gasteiger partial charge in [-0.1, -0.05) is 54.8 Å². The van der Waals surface area contributed by atoms with E-state index >= 15 is 0 Å². The molecule has 30 heavy (non-hydrogen) atoms. The number of hydrogen-bond acceptors (Lipinski definition) is 4. The Kier molecular flexibility index (Phi) is 5.39. The standard InChI is InChI=1S/C24H22ClNO4/c1-3-4-10-26-21(15-7-5-6-14(2)11-15)20(23(28)24(26)29)22(27)19-13-16-12-17(25)8-9-18(16)30-19/h5-9,11-13,21,28H,3-4,10H2,1-2H3. The van der Waals surface area contributed by atoms with Gasteiger partial charge in [-0.2, -0.15) is 0 Å². The minimum Gasteiger partial charge on any atom is -0.503 e. The van der Waals surface area contributed by atoms with Gasteiger partial charge in [-0.05, 0) is 43.2 Å². The van der Waals surface area contributed by atoms with Gasteiger partial charge in [-0.3, -0.25) is 9.59 Å². The van der Waals surface area contributed by atoms with E-state index < -0.39 is 23.5 Å². The van der Waals surface area contributed by atoms with E-state index in [4.69, 9.17) is 16.0 Å². The quantitative estimate of drug-likeness (QED) is 0.510. The van der Waals surface area contributed by atoms with E-state index in [2.05, 4.69) is 0 Å². The number of unbranched alkanes of at least 4 members (excludes halogenated alkanes) is 1. The maximum atomic E-state index is 13.4. The highest BCUT2D eigenvalue weighted by Crippen LogP contribution is 2.40. The zero-order valence-electron chi connectivity index (χ0n) is 16.8. The number of nitrogens with zero attached hydrogens (tertiary/aromatic N) is 1. The second-order valence-electron chi connectivity index (χ2n) is 7.55. The molecule has 4 rings (SSSR count). The third-order valence-electron chi connectivity index (χ3n) is 5.36. The fraction of sp³-hybridized carbons (Fsp3) is 0.250. The van der Waals surface area contributed by atoms with E-state index in [0.717, 1.165) is 24.0 Å². The number of aryl methyl sites for hydroxylation is 1. The number of furan rings is 1. The van der Waals surface area contributed by atoms with Crippen LogP contribution < -0.4 is 0 Å². The summed E-state index contributed by atoms with van der Waals surface area (Å²) in [5.41, 5.74) is 2.35. The molecule has 1 aromatic heterocycles. The SMILES string of the molecule is CCCCN1C(=O)C(O)=C(C(=O)c2cc3cc(Cl)ccc3o2)C1c1cccc(C)c1. The Morgan fingerprint density at radius 1 is 1.20 bits per heavy atom. The number of aliphatic hydroxyl groups is 1. The Hall–Kier alpha value is -3.05. The predicted molar refractivity (Wildman–Crippen MR) is 116 cm³/mol. The van der Waals surface area contributed by atoms with Gasteiger partial charge in [0, 0.05) is 17.0 Å². The number of aliphatic hydroxyl groups excluding tert-OH is 1. The summed E-state index contributed by atoms with van der Waals surface area (Å²) in [4.78, 5) is 27.9. The van der Waals surface area contributed by atoms with E-state index in [9.17, 15) is 14.7 Å². The second kappa shape index (κ2) is 8.00. The van der Waals surface area contributed by atoms with Gasteiger partial charge in [-0.15, -0.1) is 0 Å². The summed E-state index contributed by atoms with van der Waals surface area (Å²) in [5, 5.41) is 11.9. The van der Waals surface area contributed by atoms with Crippen molar-refractivity contribution in [3.63, 3.8) is 0 Å². The third kappa shape index (κ3) is 3.50. The first-order valence-electron chi connectivity index (χ1n) is 9.95. The number of ketones is 1. The number of halogens is 1. The van der Waals surface area contributed by atoms with Crippen molar-refractivity contribution in [3.8, 4) is 0 Å². The molecule has 1 aliphatic rings. The summed E-state index contributed by atoms with van der Waals surface area (Å²) < 4.78 is 5.72. The highest BCUT2D eigenvalue weighted by molar-refractivity contribution is 6.31. The Morgan fingerprint density at radius 3 is 2.73 bits per heavy atom. The zero-order chi connectivity index (χ0) is 21.4. The lowest BCUT2D eigenvalue weighted by Gasteiger charge is -2.26. The van der Waals surface area contributed by atoms with Crippen LogP contribution in [-0.4, -0.2) is 28.2 Å². The first-order chi connectivity index (χ1) is 14.4. The molecular formula is C24H22ClNO4. The molecule has 0 saturated carbocycles. The molecule has 0 radical (unpaired) electrons. The van der Waals surface area contributed by atoms with E-state index in [1.165, 1.54) is 0 Å². The Labute approximate surface area is 179 Å². The number of hydrogen-bond donors (Lipinski definition) is 1. The summed E-state index contributed by atoms with van der Waals surface area (Å²) in [6.07, 6.45) is 1.66. The van der Waals surface area contributed by atoms with Crippen LogP contribution in [0, 0.1) is 6.92 Å². The minimum absolute atomic E-state index is 0.0480. The van der Waals surface area contributed by atoms with Crippen molar-refractivity contribution in [2.24, 2.45) is 0 Å². The van der Waals surface area contributed by atoms with Crippen molar-refractivity contribution >= 4 is 34.3 Å². The highest BCUT2D eigenvalue weighted by atomic mass is 35.5. The monoisotopic (exact) mass is 423 g/mol. The zero-order valence-corrected chi connectivity index (χ0v) is 17.6. The first-order valence-corrected chi connectivity index (χ1v) is 10.3. The second-order valence-corrected chi connectivity index (χ2v) is 7.99. The molecule has 154 valence electrons. The predicted octanol–water partition coefficient (Wildman–Crippen LogP) is 5.77. The lowest BCUT2D eigenvalue weighted by Crippen LogP contribution is -2.32. The van der Waals surface area contributed by atoms with Gasteiger partial charge in [0.25, 0.3) is 5.91 Å². The minimum atomic E-state index is -0.659. The summed E-state index contributed by atoms with van der Waals surface area (Å²) in [6, 6.07) is 13.6. The number of amides is 1. The summed E-state index contributed by atoms with van der Waals surface area (Å²) in [5.74, 6) is -1.48. The maximum Gasteiger partial charge on any atom is 0.290 e. The van der Waals surface area contributed by atoms with Gasteiger partial charge in [0.1, 0.15) is 5.58 Å². The molecule has 1 amide bonds. The fourth-order valence-electron chi connectivity index (χ4n) is 3.89. The van der Waals surface area contributed by atoms with Crippen molar-refractivity contribution in [1.82, 2.24) is 4.90 Å². The van der Waals surface area contributed by atoms with E-state index in [-0.39, 0.29) is 11.3 Å². The Balaban J connectivity index is 1.81. The van der Waals surface area contributed by atoms with Crippen molar-refractivity contribution in [1.29, 1.82) is 0 Å². The van der Waals surface area contributed by atoms with Gasteiger partial charge in [0.05, 0.1) is 11.6 Å². The summed E-state index contributed by atoms with van der Waals surface area (Å²) in [7, 11) is 0. The van der Waals surface area contributed by atoms with E-state index in [1.807, 2.05) is 38.1 Å². The molecule has 2 heterocycles. The van der Waals surface area contributed by atoms with Gasteiger partial charge >= 0.3 is 0 Å². The lowest BCUT2D eigenvalue weighted by molar-refractivity contribution is -0.129. The molecule has 0 spiro atoms. The molecule has 1 N–H and O–H groups in total. The van der Waals surface area contributed by atoms with Crippen LogP contribution in [0.3, 0.4) is 0 Å². The molecule has 2 aromatic carbocycles. The molecule has 1 atom stereocenters. The average Bonchev–Trinajstić information content (AvgIpc) is 3.25. The number of carbonyl (C=O) groups excluding carboxylic acids is 2. The Bertz CT molecular complexity index is 1180. The molecule has 0 aliphatic carbocycles. The van der Waals surface area contributed by atoms with Gasteiger partial charge in [0.15, 0.2) is 11.5 Å². The van der Waals surface area contributed by atoms with Crippen LogP contribution in [0.1, 0.15) is 47.5 Å². The van der Waals surface area contributed by atoms with Gasteiger partial charge in [0.2, 0.25) is 5.78 Å². The van der Waals surface area contributed by atoms with Crippen molar-refractivity contribution in [2.75, 3.05) is 6.54 Å². The molecule has 6 heteroatoms. The molecule has 1 aliphatic heterocycles. The topological polar surface area (TPSA) is 70.8 Å². The largest absolute Gasteiger partial charge is 0.503 e. The van der Waals surface area contributed by atoms with Crippen LogP contribution in [-0.2, 0) is 4.79 Å². The van der Waals surface area contributed by atoms with Crippen LogP contribution >= 0.6 is 11.6 Å². The molecule has 0 bridgehead atoms. The van der Waals surface area contributed by atoms with Crippen molar-refractivity contribution < 1.29 is 19.1 Å². The van der Waals surface area contributed by atoms with Gasteiger partial charge in [-0.25, -0.2) is 0 Å². The van der Waals surface area contributed by atoms with Crippen LogP contribution in [0.2, 0.25) is 5.02 Å². The lowest BCUT2D eigenvalue weighted by atomic mass is 9.94. The highest BCUT2D eigenvalue weighted by Gasteiger charge is 2.44. The first kappa shape index (κ1) is 20.2. The van der Waals surface area contributed by atoms with Gasteiger partial charge < -0.3 is 14.4 Å². The van der Waals surface area contributed by atoms with Crippen molar-refractivity contribution in [3.05, 3.63) is 81.8 Å². The van der Waals surface area contributed by atoms with Crippen LogP contribution in [0.4, 0.5) is 0 Å². The van der Waals surface area contributed by atoms with Crippen LogP contribution in [0.5, 0.6) is 0 Å². The average molecular weight is 424 g/mol. The number of Topliss-reactive ketones (excluding diaryl/α,β-unsaturated/α-hetero) is 1. The molecule has 5 nitrogen and oxygen atoms in total. The number of fused-ring (bicyclic) bond motifs is 1. The molecule has 1 unspecified atom stereocenters. The van der Waals surface area contributed by atoms with Crippen molar-refractivity contribution in [2.45, 2.75) is 32.7 Å². The smallest absolute Gasteiger partial charge is 0.290 e. The molecule has 0 fully saturated rings.